The summed E-state index contributed by atoms with van der Waals surface area (Å²) in [6, 6.07) is 0. The molecule has 0 saturated carbocycles. The van der Waals surface area contributed by atoms with Gasteiger partial charge in [0.1, 0.15) is 0 Å². The fourth-order valence-corrected chi connectivity index (χ4v) is 2.56. The first-order valence-electron chi connectivity index (χ1n) is 9.36. The standard InChI is InChI=1S/C16H30O2S.3CH3.Sn/c1-2-3-4-5-6-7-8-9-10-11-12-15(13-14-19)16(17)18;;;;/h14-15H,2-13H2,1H3,(H,17,18);3*1H3;/q;;;;+1/p-1. The van der Waals surface area contributed by atoms with E-state index in [4.69, 9.17) is 12.2 Å². The molecule has 0 spiro atoms. The summed E-state index contributed by atoms with van der Waals surface area (Å²) in [5.74, 6) is -1.32. The Kier molecular flexibility index (Phi) is 22.7. The van der Waals surface area contributed by atoms with Gasteiger partial charge in [0, 0.05) is 11.9 Å². The van der Waals surface area contributed by atoms with Crippen LogP contribution in [0.15, 0.2) is 0 Å². The number of carboxylic acid groups (broad SMARTS) is 1. The molecular formula is C19H38O2SSn. The molecule has 2 nitrogen and oxygen atoms in total. The van der Waals surface area contributed by atoms with Crippen LogP contribution in [0.1, 0.15) is 84.0 Å². The molecular weight excluding hydrogens is 411 g/mol. The summed E-state index contributed by atoms with van der Waals surface area (Å²) in [6.07, 6.45) is 13.9. The van der Waals surface area contributed by atoms with Crippen LogP contribution in [0.5, 0.6) is 0 Å². The molecule has 23 heavy (non-hydrogen) atoms. The van der Waals surface area contributed by atoms with Gasteiger partial charge in [0.15, 0.2) is 0 Å². The second-order valence-corrected chi connectivity index (χ2v) is 15.8. The zero-order chi connectivity index (χ0) is 17.9. The molecule has 1 atom stereocenters. The molecule has 0 bridgehead atoms. The molecule has 0 aliphatic carbocycles. The van der Waals surface area contributed by atoms with E-state index in [-0.39, 0.29) is 5.92 Å². The number of unbranched alkanes of at least 4 members (excludes halogenated alkanes) is 9. The van der Waals surface area contributed by atoms with Crippen LogP contribution in [0.4, 0.5) is 0 Å². The second kappa shape index (κ2) is 20.4. The van der Waals surface area contributed by atoms with E-state index >= 15 is 0 Å². The molecule has 0 radical (unpaired) electrons. The van der Waals surface area contributed by atoms with Crippen LogP contribution in [-0.2, 0) is 4.79 Å². The van der Waals surface area contributed by atoms with Gasteiger partial charge in [-0.25, -0.2) is 0 Å². The van der Waals surface area contributed by atoms with Crippen molar-refractivity contribution in [1.29, 1.82) is 0 Å². The number of carbonyl (C=O) groups is 1. The summed E-state index contributed by atoms with van der Waals surface area (Å²) < 4.78 is 0. The number of carboxylic acids is 1. The number of thiocarbonyl (C=S) groups is 1. The summed E-state index contributed by atoms with van der Waals surface area (Å²) in [5, 5.41) is 12.3. The van der Waals surface area contributed by atoms with Crippen LogP contribution in [-0.4, -0.2) is 31.1 Å². The van der Waals surface area contributed by atoms with Gasteiger partial charge in [0.05, 0.1) is 0 Å². The van der Waals surface area contributed by atoms with Gasteiger partial charge in [-0.15, -0.1) is 0 Å². The van der Waals surface area contributed by atoms with Gasteiger partial charge in [-0.1, -0.05) is 83.3 Å². The zero-order valence-corrected chi connectivity index (χ0v) is 19.5. The Labute approximate surface area is 157 Å². The zero-order valence-electron chi connectivity index (χ0n) is 15.9. The van der Waals surface area contributed by atoms with Crippen LogP contribution in [0, 0.1) is 5.92 Å². The van der Waals surface area contributed by atoms with Crippen molar-refractivity contribution in [1.82, 2.24) is 0 Å². The SMILES string of the molecule is CCCCCCCCCCCCC(CC=S)C(=O)[O-].[CH3][Sn+]([CH3])[CH3]. The molecule has 136 valence electrons. The normalized spacial score (nSPS) is 11.3. The van der Waals surface area contributed by atoms with Crippen molar-refractivity contribution in [3.8, 4) is 0 Å². The quantitative estimate of drug-likeness (QED) is 0.202. The van der Waals surface area contributed by atoms with Crippen molar-refractivity contribution in [2.45, 2.75) is 98.8 Å². The topological polar surface area (TPSA) is 40.1 Å². The van der Waals surface area contributed by atoms with E-state index in [2.05, 4.69) is 21.7 Å². The van der Waals surface area contributed by atoms with Gasteiger partial charge in [-0.3, -0.25) is 0 Å². The predicted octanol–water partition coefficient (Wildman–Crippen LogP) is 5.42. The summed E-state index contributed by atoms with van der Waals surface area (Å²) in [4.78, 5) is 17.9. The average molecular weight is 449 g/mol. The molecule has 0 heterocycles. The van der Waals surface area contributed by atoms with Crippen molar-refractivity contribution in [3.63, 3.8) is 0 Å². The summed E-state index contributed by atoms with van der Waals surface area (Å²) in [5.41, 5.74) is 0. The number of hydrogen-bond donors (Lipinski definition) is 0. The van der Waals surface area contributed by atoms with E-state index in [0.717, 1.165) is 12.8 Å². The third kappa shape index (κ3) is 24.7. The summed E-state index contributed by atoms with van der Waals surface area (Å²) >= 11 is 4.17. The fraction of sp³-hybridized carbons (Fsp3) is 0.895. The van der Waals surface area contributed by atoms with Crippen LogP contribution >= 0.6 is 12.2 Å². The van der Waals surface area contributed by atoms with Gasteiger partial charge in [-0.05, 0) is 18.2 Å². The van der Waals surface area contributed by atoms with E-state index in [1.807, 2.05) is 0 Å². The Bertz CT molecular complexity index is 267. The maximum absolute atomic E-state index is 10.8. The third-order valence-corrected chi connectivity index (χ3v) is 3.81. The average Bonchev–Trinajstić information content (AvgIpc) is 2.47. The fourth-order valence-electron chi connectivity index (χ4n) is 2.33. The Morgan fingerprint density at radius 3 is 1.70 bits per heavy atom. The molecule has 0 aromatic rings. The molecule has 0 aliphatic rings. The molecule has 0 aromatic carbocycles. The summed E-state index contributed by atoms with van der Waals surface area (Å²) in [7, 11) is 0. The van der Waals surface area contributed by atoms with E-state index in [1.54, 1.807) is 0 Å². The van der Waals surface area contributed by atoms with Crippen molar-refractivity contribution >= 4 is 43.3 Å². The molecule has 0 fully saturated rings. The van der Waals surface area contributed by atoms with Crippen molar-refractivity contribution in [2.24, 2.45) is 5.92 Å². The molecule has 1 unspecified atom stereocenters. The third-order valence-electron chi connectivity index (χ3n) is 3.62. The molecule has 0 aliphatic heterocycles. The van der Waals surface area contributed by atoms with Gasteiger partial charge >= 0.3 is 34.6 Å². The number of rotatable bonds is 14. The molecule has 0 aromatic heterocycles. The van der Waals surface area contributed by atoms with E-state index in [0.29, 0.717) is 12.8 Å². The van der Waals surface area contributed by atoms with Gasteiger partial charge in [0.2, 0.25) is 0 Å². The van der Waals surface area contributed by atoms with Gasteiger partial charge in [-0.2, -0.15) is 0 Å². The maximum atomic E-state index is 10.8. The molecule has 0 saturated heterocycles. The first kappa shape index (κ1) is 25.6. The number of aliphatic carboxylic acids is 1. The predicted molar refractivity (Wildman–Crippen MR) is 107 cm³/mol. The van der Waals surface area contributed by atoms with Crippen LogP contribution in [0.3, 0.4) is 0 Å². The van der Waals surface area contributed by atoms with Crippen molar-refractivity contribution in [3.05, 3.63) is 0 Å². The van der Waals surface area contributed by atoms with Crippen LogP contribution < -0.4 is 5.11 Å². The molecule has 0 rings (SSSR count). The first-order valence-corrected chi connectivity index (χ1v) is 18.4. The van der Waals surface area contributed by atoms with Gasteiger partial charge in [0.25, 0.3) is 0 Å². The number of carbonyl (C=O) groups excluding carboxylic acids is 1. The van der Waals surface area contributed by atoms with Crippen molar-refractivity contribution in [2.75, 3.05) is 0 Å². The Morgan fingerprint density at radius 2 is 1.35 bits per heavy atom. The van der Waals surface area contributed by atoms with Crippen LogP contribution in [0.2, 0.25) is 14.8 Å². The van der Waals surface area contributed by atoms with Crippen molar-refractivity contribution < 1.29 is 9.90 Å². The molecule has 0 amide bonds. The van der Waals surface area contributed by atoms with Gasteiger partial charge < -0.3 is 9.90 Å². The van der Waals surface area contributed by atoms with E-state index < -0.39 is 25.7 Å². The summed E-state index contributed by atoms with van der Waals surface area (Å²) in [6.45, 7) is 2.24. The Balaban J connectivity index is 0. The van der Waals surface area contributed by atoms with E-state index in [1.165, 1.54) is 56.7 Å². The molecule has 0 N–H and O–H groups in total. The monoisotopic (exact) mass is 450 g/mol. The minimum absolute atomic E-state index is 0.369. The number of hydrogen-bond acceptors (Lipinski definition) is 3. The van der Waals surface area contributed by atoms with Crippen LogP contribution in [0.25, 0.3) is 0 Å². The molecule has 4 heteroatoms. The first-order chi connectivity index (χ1) is 11.0. The second-order valence-electron chi connectivity index (χ2n) is 6.89. The Morgan fingerprint density at radius 1 is 0.957 bits per heavy atom. The Hall–Kier alpha value is 0.359. The minimum atomic E-state index is -0.947. The van der Waals surface area contributed by atoms with E-state index in [9.17, 15) is 9.90 Å².